The molecule has 0 bridgehead atoms. The van der Waals surface area contributed by atoms with Gasteiger partial charge in [0, 0.05) is 44.6 Å². The maximum Gasteiger partial charge on any atom is 0.253 e. The lowest BCUT2D eigenvalue weighted by Crippen LogP contribution is -2.36. The van der Waals surface area contributed by atoms with Gasteiger partial charge in [-0.25, -0.2) is 0 Å². The van der Waals surface area contributed by atoms with E-state index in [-0.39, 0.29) is 49.6 Å². The highest BCUT2D eigenvalue weighted by Gasteiger charge is 2.23. The number of imide groups is 1. The second-order valence-electron chi connectivity index (χ2n) is 6.31. The van der Waals surface area contributed by atoms with Crippen LogP contribution in [-0.2, 0) is 24.0 Å². The Morgan fingerprint density at radius 2 is 1.56 bits per heavy atom. The van der Waals surface area contributed by atoms with Gasteiger partial charge in [-0.2, -0.15) is 0 Å². The molecule has 3 N–H and O–H groups in total. The molecule has 9 heteroatoms. The van der Waals surface area contributed by atoms with Crippen molar-refractivity contribution >= 4 is 29.4 Å². The first-order valence-electron chi connectivity index (χ1n) is 9.09. The summed E-state index contributed by atoms with van der Waals surface area (Å²) in [6.07, 6.45) is 4.83. The molecule has 150 valence electrons. The third-order valence-corrected chi connectivity index (χ3v) is 4.22. The summed E-state index contributed by atoms with van der Waals surface area (Å²) in [7, 11) is 1.75. The van der Waals surface area contributed by atoms with Crippen molar-refractivity contribution in [3.8, 4) is 0 Å². The zero-order valence-electron chi connectivity index (χ0n) is 15.9. The average molecular weight is 380 g/mol. The van der Waals surface area contributed by atoms with E-state index < -0.39 is 11.8 Å². The molecule has 1 unspecified atom stereocenters. The first-order chi connectivity index (χ1) is 12.8. The number of nitrogens with zero attached hydrogens (tertiary/aromatic N) is 1. The highest BCUT2D eigenvalue weighted by atomic mass is 16.2. The topological polar surface area (TPSA) is 125 Å². The normalized spacial score (nSPS) is 14.4. The zero-order valence-corrected chi connectivity index (χ0v) is 15.9. The Hall–Kier alpha value is -2.55. The molecule has 0 aromatic rings. The average Bonchev–Trinajstić information content (AvgIpc) is 2.94. The van der Waals surface area contributed by atoms with Gasteiger partial charge in [0.2, 0.25) is 11.8 Å². The molecule has 1 aliphatic rings. The van der Waals surface area contributed by atoms with Crippen molar-refractivity contribution in [2.24, 2.45) is 0 Å². The molecule has 4 amide bonds. The predicted molar refractivity (Wildman–Crippen MR) is 98.5 cm³/mol. The maximum absolute atomic E-state index is 11.7. The van der Waals surface area contributed by atoms with Gasteiger partial charge in [0.05, 0.1) is 6.04 Å². The highest BCUT2D eigenvalue weighted by molar-refractivity contribution is 6.13. The van der Waals surface area contributed by atoms with Gasteiger partial charge in [-0.15, -0.1) is 0 Å². The molecule has 1 rings (SSSR count). The fraction of sp³-hybridized carbons (Fsp3) is 0.611. The smallest absolute Gasteiger partial charge is 0.253 e. The number of hydrogen-bond donors (Lipinski definition) is 3. The molecule has 0 spiro atoms. The lowest BCUT2D eigenvalue weighted by atomic mass is 10.1. The minimum Gasteiger partial charge on any atom is -0.356 e. The van der Waals surface area contributed by atoms with Gasteiger partial charge in [0.1, 0.15) is 5.78 Å². The van der Waals surface area contributed by atoms with Crippen molar-refractivity contribution in [2.45, 2.75) is 45.1 Å². The summed E-state index contributed by atoms with van der Waals surface area (Å²) in [6.45, 7) is 2.29. The van der Waals surface area contributed by atoms with E-state index in [4.69, 9.17) is 0 Å². The number of unbranched alkanes of at least 4 members (excludes halogenated alkanes) is 1. The number of amides is 4. The number of carbonyl (C=O) groups is 5. The molecule has 1 atom stereocenters. The number of nitrogens with one attached hydrogen (secondary N) is 3. The van der Waals surface area contributed by atoms with Gasteiger partial charge in [-0.05, 0) is 33.2 Å². The summed E-state index contributed by atoms with van der Waals surface area (Å²) in [4.78, 5) is 58.4. The summed E-state index contributed by atoms with van der Waals surface area (Å²) in [5, 5.41) is 8.30. The second kappa shape index (κ2) is 11.9. The summed E-state index contributed by atoms with van der Waals surface area (Å²) < 4.78 is 0. The van der Waals surface area contributed by atoms with Gasteiger partial charge in [-0.3, -0.25) is 28.9 Å². The molecule has 0 aromatic heterocycles. The zero-order chi connectivity index (χ0) is 20.2. The third-order valence-electron chi connectivity index (χ3n) is 4.22. The highest BCUT2D eigenvalue weighted by Crippen LogP contribution is 2.04. The van der Waals surface area contributed by atoms with E-state index >= 15 is 0 Å². The van der Waals surface area contributed by atoms with Crippen molar-refractivity contribution in [1.82, 2.24) is 20.9 Å². The minimum absolute atomic E-state index is 0.00353. The second-order valence-corrected chi connectivity index (χ2v) is 6.31. The number of carbonyl (C=O) groups excluding carboxylic acids is 5. The van der Waals surface area contributed by atoms with Crippen LogP contribution >= 0.6 is 0 Å². The van der Waals surface area contributed by atoms with Crippen LogP contribution < -0.4 is 16.0 Å². The van der Waals surface area contributed by atoms with Crippen LogP contribution in [0.4, 0.5) is 0 Å². The predicted octanol–water partition coefficient (Wildman–Crippen LogP) is -0.729. The molecule has 1 heterocycles. The number of likely N-dealkylation sites (N-methyl/N-ethyl adjacent to an activating group) is 1. The van der Waals surface area contributed by atoms with Crippen molar-refractivity contribution in [1.29, 1.82) is 0 Å². The summed E-state index contributed by atoms with van der Waals surface area (Å²) in [6, 6.07) is -0.141. The Bertz CT molecular complexity index is 585. The van der Waals surface area contributed by atoms with Crippen LogP contribution in [0.5, 0.6) is 0 Å². The minimum atomic E-state index is -0.420. The van der Waals surface area contributed by atoms with E-state index in [9.17, 15) is 24.0 Å². The van der Waals surface area contributed by atoms with E-state index in [0.29, 0.717) is 6.54 Å². The van der Waals surface area contributed by atoms with Gasteiger partial charge in [0.15, 0.2) is 0 Å². The quantitative estimate of drug-likeness (QED) is 0.286. The Balaban J connectivity index is 2.04. The van der Waals surface area contributed by atoms with Crippen LogP contribution in [0, 0.1) is 0 Å². The van der Waals surface area contributed by atoms with Gasteiger partial charge >= 0.3 is 0 Å². The fourth-order valence-corrected chi connectivity index (χ4v) is 2.61. The Morgan fingerprint density at radius 1 is 0.963 bits per heavy atom. The lowest BCUT2D eigenvalue weighted by Gasteiger charge is -2.13. The molecular formula is C18H28N4O5. The van der Waals surface area contributed by atoms with Crippen molar-refractivity contribution in [3.63, 3.8) is 0 Å². The molecule has 0 aromatic carbocycles. The van der Waals surface area contributed by atoms with Crippen LogP contribution in [-0.4, -0.2) is 67.0 Å². The van der Waals surface area contributed by atoms with E-state index in [0.717, 1.165) is 24.2 Å². The first-order valence-corrected chi connectivity index (χ1v) is 9.09. The molecule has 1 aliphatic heterocycles. The van der Waals surface area contributed by atoms with Gasteiger partial charge < -0.3 is 16.0 Å². The van der Waals surface area contributed by atoms with E-state index in [1.165, 1.54) is 12.2 Å². The van der Waals surface area contributed by atoms with Crippen molar-refractivity contribution in [3.05, 3.63) is 12.2 Å². The molecule has 0 saturated carbocycles. The number of hydrogen-bond acceptors (Lipinski definition) is 6. The number of Topliss-reactive ketones (excluding diaryl/α,β-unsaturated/α-hetero) is 1. The monoisotopic (exact) mass is 380 g/mol. The standard InChI is InChI=1S/C18H28N4O5/c1-13(23)14(19-2)5-3-4-10-20-15(24)8-11-21-16(25)9-12-22-17(26)6-7-18(22)27/h6-7,14,19H,3-5,8-12H2,1-2H3,(H,20,24)(H,21,25). The fourth-order valence-electron chi connectivity index (χ4n) is 2.61. The Morgan fingerprint density at radius 3 is 2.15 bits per heavy atom. The molecule has 27 heavy (non-hydrogen) atoms. The van der Waals surface area contributed by atoms with Crippen LogP contribution in [0.3, 0.4) is 0 Å². The van der Waals surface area contributed by atoms with E-state index in [1.54, 1.807) is 14.0 Å². The number of rotatable bonds is 13. The molecule has 0 radical (unpaired) electrons. The van der Waals surface area contributed by atoms with E-state index in [1.807, 2.05) is 0 Å². The van der Waals surface area contributed by atoms with E-state index in [2.05, 4.69) is 16.0 Å². The molecule has 0 fully saturated rings. The Kier molecular flexibility index (Phi) is 9.95. The summed E-state index contributed by atoms with van der Waals surface area (Å²) >= 11 is 0. The van der Waals surface area contributed by atoms with Crippen LogP contribution in [0.25, 0.3) is 0 Å². The SMILES string of the molecule is CNC(CCCCNC(=O)CCNC(=O)CCN1C(=O)C=CC1=O)C(C)=O. The van der Waals surface area contributed by atoms with Gasteiger partial charge in [0.25, 0.3) is 11.8 Å². The van der Waals surface area contributed by atoms with Gasteiger partial charge in [-0.1, -0.05) is 0 Å². The van der Waals surface area contributed by atoms with Crippen molar-refractivity contribution < 1.29 is 24.0 Å². The first kappa shape index (κ1) is 22.5. The molecule has 9 nitrogen and oxygen atoms in total. The van der Waals surface area contributed by atoms with Crippen LogP contribution in [0.1, 0.15) is 39.0 Å². The summed E-state index contributed by atoms with van der Waals surface area (Å²) in [5.74, 6) is -1.22. The third kappa shape index (κ3) is 8.59. The molecule has 0 aliphatic carbocycles. The number of ketones is 1. The van der Waals surface area contributed by atoms with Crippen molar-refractivity contribution in [2.75, 3.05) is 26.7 Å². The maximum atomic E-state index is 11.7. The largest absolute Gasteiger partial charge is 0.356 e. The van der Waals surface area contributed by atoms with Crippen LogP contribution in [0.2, 0.25) is 0 Å². The molecular weight excluding hydrogens is 352 g/mol. The lowest BCUT2D eigenvalue weighted by molar-refractivity contribution is -0.137. The Labute approximate surface area is 158 Å². The summed E-state index contributed by atoms with van der Waals surface area (Å²) in [5.41, 5.74) is 0. The van der Waals surface area contributed by atoms with Crippen LogP contribution in [0.15, 0.2) is 12.2 Å². The molecule has 0 saturated heterocycles.